The average molecular weight is 503 g/mol. The van der Waals surface area contributed by atoms with Gasteiger partial charge in [-0.1, -0.05) is 6.92 Å². The van der Waals surface area contributed by atoms with Crippen LogP contribution in [0, 0.1) is 23.4 Å². The Morgan fingerprint density at radius 3 is 2.51 bits per heavy atom. The van der Waals surface area contributed by atoms with E-state index in [-0.39, 0.29) is 17.5 Å². The predicted molar refractivity (Wildman–Crippen MR) is 129 cm³/mol. The quantitative estimate of drug-likeness (QED) is 0.436. The molecule has 2 heterocycles. The fourth-order valence-electron chi connectivity index (χ4n) is 4.52. The van der Waals surface area contributed by atoms with Gasteiger partial charge in [-0.05, 0) is 66.8 Å². The zero-order chi connectivity index (χ0) is 25.3. The molecule has 1 aliphatic carbocycles. The number of aliphatic hydroxyl groups is 1. The lowest BCUT2D eigenvalue weighted by Crippen LogP contribution is -2.44. The maximum atomic E-state index is 14.6. The molecule has 35 heavy (non-hydrogen) atoms. The number of aromatic nitrogens is 2. The highest BCUT2D eigenvalue weighted by molar-refractivity contribution is 7.98. The molecule has 0 aliphatic heterocycles. The predicted octanol–water partition coefficient (Wildman–Crippen LogP) is 4.74. The molecule has 0 spiro atoms. The van der Waals surface area contributed by atoms with Gasteiger partial charge >= 0.3 is 0 Å². The Balaban J connectivity index is 1.64. The second kappa shape index (κ2) is 10.3. The van der Waals surface area contributed by atoms with E-state index < -0.39 is 46.8 Å². The normalized spacial score (nSPS) is 22.1. The van der Waals surface area contributed by atoms with Crippen molar-refractivity contribution in [3.05, 3.63) is 71.4 Å². The van der Waals surface area contributed by atoms with Gasteiger partial charge in [0.05, 0.1) is 23.6 Å². The van der Waals surface area contributed by atoms with E-state index >= 15 is 0 Å². The van der Waals surface area contributed by atoms with E-state index in [4.69, 9.17) is 5.73 Å². The number of nitrogens with two attached hydrogens (primary N) is 1. The minimum absolute atomic E-state index is 0.0171. The highest BCUT2D eigenvalue weighted by Crippen LogP contribution is 2.38. The number of benzene rings is 1. The lowest BCUT2D eigenvalue weighted by atomic mass is 9.74. The number of pyridine rings is 2. The molecule has 10 heteroatoms. The number of hydrogen-bond donors (Lipinski definition) is 3. The number of thioether (sulfide) groups is 1. The second-order valence-corrected chi connectivity index (χ2v) is 9.59. The fourth-order valence-corrected chi connectivity index (χ4v) is 4.96. The second-order valence-electron chi connectivity index (χ2n) is 8.71. The number of rotatable bonds is 5. The summed E-state index contributed by atoms with van der Waals surface area (Å²) in [7, 11) is 0. The minimum atomic E-state index is -0.974. The molecule has 1 fully saturated rings. The van der Waals surface area contributed by atoms with E-state index in [0.29, 0.717) is 23.4 Å². The van der Waals surface area contributed by atoms with E-state index in [1.165, 1.54) is 6.20 Å². The molecular formula is C25H25F3N4O2S. The molecule has 6 nitrogen and oxygen atoms in total. The van der Waals surface area contributed by atoms with Crippen LogP contribution >= 0.6 is 11.8 Å². The third kappa shape index (κ3) is 5.19. The largest absolute Gasteiger partial charge is 0.391 e. The first-order valence-electron chi connectivity index (χ1n) is 11.1. The number of halogens is 3. The molecule has 1 aliphatic rings. The van der Waals surface area contributed by atoms with E-state index in [0.717, 1.165) is 41.6 Å². The van der Waals surface area contributed by atoms with Crippen molar-refractivity contribution in [3.63, 3.8) is 0 Å². The number of hydrogen-bond acceptors (Lipinski definition) is 6. The van der Waals surface area contributed by atoms with Crippen LogP contribution in [0.1, 0.15) is 41.7 Å². The van der Waals surface area contributed by atoms with Crippen molar-refractivity contribution in [3.8, 4) is 11.3 Å². The van der Waals surface area contributed by atoms with Crippen LogP contribution in [0.5, 0.6) is 0 Å². The van der Waals surface area contributed by atoms with Crippen molar-refractivity contribution in [2.75, 3.05) is 11.6 Å². The zero-order valence-electron chi connectivity index (χ0n) is 19.1. The molecule has 0 radical (unpaired) electrons. The lowest BCUT2D eigenvalue weighted by molar-refractivity contribution is 0.0521. The first-order valence-corrected chi connectivity index (χ1v) is 12.3. The van der Waals surface area contributed by atoms with Crippen LogP contribution in [-0.4, -0.2) is 39.4 Å². The molecule has 0 saturated heterocycles. The maximum Gasteiger partial charge on any atom is 0.274 e. The monoisotopic (exact) mass is 502 g/mol. The van der Waals surface area contributed by atoms with Crippen molar-refractivity contribution < 1.29 is 23.1 Å². The number of amides is 1. The number of aliphatic hydroxyl groups excluding tert-OH is 1. The van der Waals surface area contributed by atoms with Gasteiger partial charge in [0.2, 0.25) is 0 Å². The van der Waals surface area contributed by atoms with Gasteiger partial charge in [0.1, 0.15) is 28.8 Å². The maximum absolute atomic E-state index is 14.6. The number of nitrogens with zero attached hydrogens (tertiary/aromatic N) is 2. The SMILES string of the molecule is CSc1cc(F)c(-c2nc(C(=O)Nc3cnccc3[C@H]3C[C@@H](N)[C@@H](O)[C@@H](C)C3)ccc2F)c(F)c1. The number of carbonyl (C=O) groups excluding carboxylic acids is 1. The number of nitrogens with one attached hydrogen (secondary N) is 1. The third-order valence-corrected chi connectivity index (χ3v) is 7.05. The highest BCUT2D eigenvalue weighted by atomic mass is 32.2. The summed E-state index contributed by atoms with van der Waals surface area (Å²) in [6.07, 6.45) is 5.35. The van der Waals surface area contributed by atoms with E-state index in [2.05, 4.69) is 15.3 Å². The fraction of sp³-hybridized carbons (Fsp3) is 0.320. The van der Waals surface area contributed by atoms with Gasteiger partial charge in [-0.2, -0.15) is 0 Å². The first kappa shape index (κ1) is 25.2. The van der Waals surface area contributed by atoms with Crippen LogP contribution < -0.4 is 11.1 Å². The van der Waals surface area contributed by atoms with Crippen molar-refractivity contribution in [1.82, 2.24) is 9.97 Å². The summed E-state index contributed by atoms with van der Waals surface area (Å²) < 4.78 is 43.7. The molecule has 0 unspecified atom stereocenters. The Labute approximate surface area is 205 Å². The summed E-state index contributed by atoms with van der Waals surface area (Å²) in [4.78, 5) is 21.4. The van der Waals surface area contributed by atoms with Crippen LogP contribution in [0.3, 0.4) is 0 Å². The molecule has 1 aromatic carbocycles. The molecule has 1 saturated carbocycles. The first-order chi connectivity index (χ1) is 16.7. The molecule has 2 aromatic heterocycles. The average Bonchev–Trinajstić information content (AvgIpc) is 2.83. The zero-order valence-corrected chi connectivity index (χ0v) is 20.0. The van der Waals surface area contributed by atoms with Gasteiger partial charge in [0.25, 0.3) is 5.91 Å². The molecule has 1 amide bonds. The van der Waals surface area contributed by atoms with Crippen LogP contribution in [-0.2, 0) is 0 Å². The molecule has 4 atom stereocenters. The van der Waals surface area contributed by atoms with Gasteiger partial charge in [-0.3, -0.25) is 9.78 Å². The highest BCUT2D eigenvalue weighted by Gasteiger charge is 2.34. The van der Waals surface area contributed by atoms with Crippen LogP contribution in [0.4, 0.5) is 18.9 Å². The third-order valence-electron chi connectivity index (χ3n) is 6.34. The Bertz CT molecular complexity index is 1220. The van der Waals surface area contributed by atoms with Gasteiger partial charge in [0.15, 0.2) is 0 Å². The minimum Gasteiger partial charge on any atom is -0.391 e. The van der Waals surface area contributed by atoms with Crippen molar-refractivity contribution in [1.29, 1.82) is 0 Å². The van der Waals surface area contributed by atoms with Gasteiger partial charge in [-0.25, -0.2) is 18.2 Å². The van der Waals surface area contributed by atoms with E-state index in [9.17, 15) is 23.1 Å². The smallest absolute Gasteiger partial charge is 0.274 e. The van der Waals surface area contributed by atoms with Gasteiger partial charge in [-0.15, -0.1) is 11.8 Å². The van der Waals surface area contributed by atoms with Crippen LogP contribution in [0.25, 0.3) is 11.3 Å². The Morgan fingerprint density at radius 2 is 1.86 bits per heavy atom. The van der Waals surface area contributed by atoms with Crippen molar-refractivity contribution in [2.24, 2.45) is 11.7 Å². The summed E-state index contributed by atoms with van der Waals surface area (Å²) >= 11 is 1.14. The Hall–Kier alpha value is -2.95. The van der Waals surface area contributed by atoms with Gasteiger partial charge < -0.3 is 16.2 Å². The van der Waals surface area contributed by atoms with Crippen molar-refractivity contribution >= 4 is 23.4 Å². The Kier molecular flexibility index (Phi) is 7.44. The van der Waals surface area contributed by atoms with Crippen molar-refractivity contribution in [2.45, 2.75) is 42.7 Å². The van der Waals surface area contributed by atoms with E-state index in [1.807, 2.05) is 6.92 Å². The standard InChI is InChI=1S/C25H25F3N4O2S/c1-12-7-13(8-19(29)24(12)33)15-5-6-30-11-21(15)32-25(34)20-4-3-16(26)23(31-20)22-17(27)9-14(35-2)10-18(22)28/h3-6,9-13,19,24,33H,7-8,29H2,1-2H3,(H,32,34)/t12-,13+,19+,24-/m0/s1. The van der Waals surface area contributed by atoms with Crippen LogP contribution in [0.15, 0.2) is 47.6 Å². The van der Waals surface area contributed by atoms with Crippen LogP contribution in [0.2, 0.25) is 0 Å². The number of anilines is 1. The summed E-state index contributed by atoms with van der Waals surface area (Å²) in [5.41, 5.74) is 5.89. The molecule has 3 aromatic rings. The lowest BCUT2D eigenvalue weighted by Gasteiger charge is -2.36. The summed E-state index contributed by atoms with van der Waals surface area (Å²) in [6.45, 7) is 1.92. The number of carbonyl (C=O) groups is 1. The Morgan fingerprint density at radius 1 is 1.14 bits per heavy atom. The summed E-state index contributed by atoms with van der Waals surface area (Å²) in [6, 6.07) is 5.65. The van der Waals surface area contributed by atoms with Gasteiger partial charge in [0, 0.05) is 17.1 Å². The topological polar surface area (TPSA) is 101 Å². The molecular weight excluding hydrogens is 477 g/mol. The molecule has 184 valence electrons. The molecule has 4 N–H and O–H groups in total. The molecule has 0 bridgehead atoms. The summed E-state index contributed by atoms with van der Waals surface area (Å²) in [5, 5.41) is 12.9. The molecule has 4 rings (SSSR count). The summed E-state index contributed by atoms with van der Waals surface area (Å²) in [5.74, 6) is -3.63. The van der Waals surface area contributed by atoms with E-state index in [1.54, 1.807) is 18.5 Å².